The normalized spacial score (nSPS) is 10.6. The average molecular weight is 357 g/mol. The summed E-state index contributed by atoms with van der Waals surface area (Å²) in [6.45, 7) is 0. The Bertz CT molecular complexity index is 615. The van der Waals surface area contributed by atoms with Gasteiger partial charge in [-0.3, -0.25) is 0 Å². The monoisotopic (exact) mass is 355 g/mol. The van der Waals surface area contributed by atoms with Gasteiger partial charge < -0.3 is 4.74 Å². The van der Waals surface area contributed by atoms with Crippen molar-refractivity contribution in [1.29, 1.82) is 0 Å². The molecule has 2 aromatic rings. The van der Waals surface area contributed by atoms with Crippen LogP contribution in [-0.4, -0.2) is 12.1 Å². The highest BCUT2D eigenvalue weighted by atomic mass is 35.5. The minimum absolute atomic E-state index is 0.116. The van der Waals surface area contributed by atoms with Gasteiger partial charge in [-0.1, -0.05) is 58.0 Å². The lowest BCUT2D eigenvalue weighted by atomic mass is 10.1. The smallest absolute Gasteiger partial charge is 0.221 e. The molecule has 2 nitrogen and oxygen atoms in total. The minimum Gasteiger partial charge on any atom is -0.481 e. The first kappa shape index (κ1) is 15.0. The molecule has 0 bridgehead atoms. The molecule has 0 saturated carbocycles. The SMILES string of the molecule is COc1ncccc1-c1c(Cl)c(Cl)c(Cl)c(Cl)c1Cl. The van der Waals surface area contributed by atoms with Gasteiger partial charge in [-0.15, -0.1) is 0 Å². The minimum atomic E-state index is 0.116. The molecule has 0 radical (unpaired) electrons. The molecule has 7 heteroatoms. The summed E-state index contributed by atoms with van der Waals surface area (Å²) >= 11 is 30.4. The van der Waals surface area contributed by atoms with Crippen LogP contribution in [0.2, 0.25) is 25.1 Å². The van der Waals surface area contributed by atoms with Gasteiger partial charge in [-0.25, -0.2) is 4.98 Å². The van der Waals surface area contributed by atoms with Crippen LogP contribution in [0, 0.1) is 0 Å². The van der Waals surface area contributed by atoms with Crippen LogP contribution in [0.5, 0.6) is 5.88 Å². The van der Waals surface area contributed by atoms with Crippen molar-refractivity contribution in [3.05, 3.63) is 43.4 Å². The van der Waals surface area contributed by atoms with E-state index >= 15 is 0 Å². The maximum atomic E-state index is 6.20. The molecule has 1 aromatic carbocycles. The molecule has 0 atom stereocenters. The van der Waals surface area contributed by atoms with Crippen molar-refractivity contribution in [1.82, 2.24) is 4.98 Å². The van der Waals surface area contributed by atoms with Crippen LogP contribution in [0.15, 0.2) is 18.3 Å². The van der Waals surface area contributed by atoms with Crippen LogP contribution in [0.4, 0.5) is 0 Å². The first-order valence-electron chi connectivity index (χ1n) is 4.99. The highest BCUT2D eigenvalue weighted by Gasteiger charge is 2.22. The summed E-state index contributed by atoms with van der Waals surface area (Å²) in [5.41, 5.74) is 1.02. The lowest BCUT2D eigenvalue weighted by Crippen LogP contribution is -1.93. The van der Waals surface area contributed by atoms with E-state index in [0.29, 0.717) is 17.0 Å². The maximum Gasteiger partial charge on any atom is 0.221 e. The molecule has 19 heavy (non-hydrogen) atoms. The highest BCUT2D eigenvalue weighted by Crippen LogP contribution is 2.49. The number of rotatable bonds is 2. The van der Waals surface area contributed by atoms with Crippen LogP contribution in [-0.2, 0) is 0 Å². The zero-order valence-corrected chi connectivity index (χ0v) is 13.3. The van der Waals surface area contributed by atoms with Crippen LogP contribution in [0.3, 0.4) is 0 Å². The number of benzene rings is 1. The van der Waals surface area contributed by atoms with Crippen molar-refractivity contribution in [2.45, 2.75) is 0 Å². The van der Waals surface area contributed by atoms with Gasteiger partial charge in [-0.05, 0) is 12.1 Å². The first-order chi connectivity index (χ1) is 8.99. The van der Waals surface area contributed by atoms with Crippen molar-refractivity contribution in [2.24, 2.45) is 0 Å². The van der Waals surface area contributed by atoms with E-state index in [2.05, 4.69) is 4.98 Å². The lowest BCUT2D eigenvalue weighted by Gasteiger charge is -2.14. The maximum absolute atomic E-state index is 6.20. The Balaban J connectivity index is 2.83. The molecule has 0 aliphatic rings. The third-order valence-corrected chi connectivity index (χ3v) is 4.72. The second-order valence-corrected chi connectivity index (χ2v) is 5.39. The fourth-order valence-corrected chi connectivity index (χ4v) is 2.93. The molecule has 0 saturated heterocycles. The third-order valence-electron chi connectivity index (χ3n) is 2.44. The van der Waals surface area contributed by atoms with Gasteiger partial charge in [0.25, 0.3) is 0 Å². The summed E-state index contributed by atoms with van der Waals surface area (Å²) < 4.78 is 5.17. The summed E-state index contributed by atoms with van der Waals surface area (Å²) in [7, 11) is 1.49. The number of ether oxygens (including phenoxy) is 1. The molecule has 0 amide bonds. The van der Waals surface area contributed by atoms with Crippen LogP contribution >= 0.6 is 58.0 Å². The second kappa shape index (κ2) is 5.94. The van der Waals surface area contributed by atoms with Crippen LogP contribution in [0.1, 0.15) is 0 Å². The molecule has 1 heterocycles. The van der Waals surface area contributed by atoms with Gasteiger partial charge in [0.1, 0.15) is 0 Å². The Labute approximate surface area is 135 Å². The molecule has 100 valence electrons. The summed E-state index contributed by atoms with van der Waals surface area (Å²) in [5, 5.41) is 0.793. The molecule has 0 spiro atoms. The predicted octanol–water partition coefficient (Wildman–Crippen LogP) is 6.02. The largest absolute Gasteiger partial charge is 0.481 e. The number of nitrogens with zero attached hydrogens (tertiary/aromatic N) is 1. The zero-order valence-electron chi connectivity index (χ0n) is 9.48. The molecular formula is C12H6Cl5NO. The van der Waals surface area contributed by atoms with Gasteiger partial charge in [0.05, 0.1) is 32.2 Å². The number of methoxy groups -OCH3 is 1. The first-order valence-corrected chi connectivity index (χ1v) is 6.88. The molecule has 0 fully saturated rings. The number of aromatic nitrogens is 1. The summed E-state index contributed by atoms with van der Waals surface area (Å²) in [6.07, 6.45) is 1.59. The van der Waals surface area contributed by atoms with E-state index in [4.69, 9.17) is 62.7 Å². The number of pyridine rings is 1. The van der Waals surface area contributed by atoms with E-state index in [-0.39, 0.29) is 25.1 Å². The van der Waals surface area contributed by atoms with Crippen molar-refractivity contribution in [2.75, 3.05) is 7.11 Å². The summed E-state index contributed by atoms with van der Waals surface area (Å²) in [5.74, 6) is 0.362. The van der Waals surface area contributed by atoms with Crippen molar-refractivity contribution < 1.29 is 4.74 Å². The molecule has 2 rings (SSSR count). The standard InChI is InChI=1S/C12H6Cl5NO/c1-19-12-5(3-2-4-18-12)6-7(13)9(15)11(17)10(16)8(6)14/h2-4H,1H3. The van der Waals surface area contributed by atoms with Crippen molar-refractivity contribution in [3.8, 4) is 17.0 Å². The second-order valence-electron chi connectivity index (χ2n) is 3.51. The van der Waals surface area contributed by atoms with Crippen LogP contribution < -0.4 is 4.74 Å². The average Bonchev–Trinajstić information content (AvgIpc) is 2.44. The molecule has 0 aliphatic heterocycles. The fraction of sp³-hybridized carbons (Fsp3) is 0.0833. The highest BCUT2D eigenvalue weighted by molar-refractivity contribution is 6.56. The number of halogens is 5. The van der Waals surface area contributed by atoms with Gasteiger partial charge in [0.2, 0.25) is 5.88 Å². The molecular weight excluding hydrogens is 351 g/mol. The fourth-order valence-electron chi connectivity index (χ4n) is 1.59. The van der Waals surface area contributed by atoms with Gasteiger partial charge in [0, 0.05) is 17.3 Å². The summed E-state index contributed by atoms with van der Waals surface area (Å²) in [4.78, 5) is 4.08. The Hall–Kier alpha value is -0.380. The van der Waals surface area contributed by atoms with E-state index in [1.165, 1.54) is 7.11 Å². The Morgan fingerprint density at radius 1 is 0.895 bits per heavy atom. The Morgan fingerprint density at radius 3 is 1.95 bits per heavy atom. The van der Waals surface area contributed by atoms with E-state index in [1.54, 1.807) is 18.3 Å². The molecule has 0 aliphatic carbocycles. The van der Waals surface area contributed by atoms with E-state index in [0.717, 1.165) is 0 Å². The van der Waals surface area contributed by atoms with E-state index in [9.17, 15) is 0 Å². The van der Waals surface area contributed by atoms with E-state index in [1.807, 2.05) is 0 Å². The molecule has 0 N–H and O–H groups in total. The Kier molecular flexibility index (Phi) is 4.70. The van der Waals surface area contributed by atoms with Crippen molar-refractivity contribution >= 4 is 58.0 Å². The molecule has 0 unspecified atom stereocenters. The number of hydrogen-bond acceptors (Lipinski definition) is 2. The van der Waals surface area contributed by atoms with Crippen molar-refractivity contribution in [3.63, 3.8) is 0 Å². The predicted molar refractivity (Wildman–Crippen MR) is 81.3 cm³/mol. The van der Waals surface area contributed by atoms with Gasteiger partial charge >= 0.3 is 0 Å². The van der Waals surface area contributed by atoms with Crippen LogP contribution in [0.25, 0.3) is 11.1 Å². The third kappa shape index (κ3) is 2.61. The van der Waals surface area contributed by atoms with E-state index < -0.39 is 0 Å². The topological polar surface area (TPSA) is 22.1 Å². The number of hydrogen-bond donors (Lipinski definition) is 0. The summed E-state index contributed by atoms with van der Waals surface area (Å²) in [6, 6.07) is 3.47. The zero-order chi connectivity index (χ0) is 14.2. The lowest BCUT2D eigenvalue weighted by molar-refractivity contribution is 0.399. The van der Waals surface area contributed by atoms with Gasteiger partial charge in [0.15, 0.2) is 0 Å². The van der Waals surface area contributed by atoms with Gasteiger partial charge in [-0.2, -0.15) is 0 Å². The molecule has 1 aromatic heterocycles. The Morgan fingerprint density at radius 2 is 1.42 bits per heavy atom. The quantitative estimate of drug-likeness (QED) is 0.484.